The summed E-state index contributed by atoms with van der Waals surface area (Å²) in [4.78, 5) is 4.19. The smallest absolute Gasteiger partial charge is 0.191 e. The molecule has 3 N–H and O–H groups in total. The number of aliphatic hydroxyl groups is 1. The van der Waals surface area contributed by atoms with Gasteiger partial charge in [0.15, 0.2) is 5.96 Å². The van der Waals surface area contributed by atoms with Crippen LogP contribution in [0.15, 0.2) is 29.5 Å². The molecule has 1 aliphatic carbocycles. The molecule has 1 aliphatic rings. The first-order chi connectivity index (χ1) is 10.2. The number of halogens is 1. The topological polar surface area (TPSA) is 74.5 Å². The lowest BCUT2D eigenvalue weighted by Gasteiger charge is -2.20. The third-order valence-electron chi connectivity index (χ3n) is 3.73. The van der Waals surface area contributed by atoms with E-state index in [2.05, 4.69) is 32.9 Å². The highest BCUT2D eigenvalue weighted by Crippen LogP contribution is 2.16. The van der Waals surface area contributed by atoms with Crippen LogP contribution in [0.3, 0.4) is 0 Å². The van der Waals surface area contributed by atoms with Crippen molar-refractivity contribution in [1.82, 2.24) is 20.4 Å². The van der Waals surface area contributed by atoms with E-state index in [1.807, 2.05) is 13.2 Å². The first-order valence-corrected chi connectivity index (χ1v) is 7.45. The monoisotopic (exact) mass is 419 g/mol. The number of rotatable bonds is 5. The van der Waals surface area contributed by atoms with E-state index in [0.717, 1.165) is 30.9 Å². The fourth-order valence-corrected chi connectivity index (χ4v) is 2.43. The highest BCUT2D eigenvalue weighted by atomic mass is 127. The van der Waals surface area contributed by atoms with Crippen molar-refractivity contribution in [3.8, 4) is 0 Å². The first-order valence-electron chi connectivity index (χ1n) is 7.45. The molecule has 22 heavy (non-hydrogen) atoms. The van der Waals surface area contributed by atoms with Crippen molar-refractivity contribution >= 4 is 29.9 Å². The van der Waals surface area contributed by atoms with E-state index >= 15 is 0 Å². The summed E-state index contributed by atoms with van der Waals surface area (Å²) in [5.74, 6) is 1.39. The van der Waals surface area contributed by atoms with Gasteiger partial charge in [0.05, 0.1) is 12.3 Å². The number of allylic oxidation sites excluding steroid dienone is 2. The normalized spacial score (nSPS) is 19.4. The summed E-state index contributed by atoms with van der Waals surface area (Å²) in [6, 6.07) is 0. The van der Waals surface area contributed by atoms with Crippen molar-refractivity contribution in [2.45, 2.75) is 25.4 Å². The van der Waals surface area contributed by atoms with Crippen LogP contribution in [-0.4, -0.2) is 41.0 Å². The fourth-order valence-electron chi connectivity index (χ4n) is 2.43. The lowest BCUT2D eigenvalue weighted by Crippen LogP contribution is -2.41. The molecule has 2 rings (SSSR count). The van der Waals surface area contributed by atoms with Crippen LogP contribution in [0.2, 0.25) is 0 Å². The minimum atomic E-state index is -0.588. The Kier molecular flexibility index (Phi) is 8.47. The number of aryl methyl sites for hydroxylation is 1. The molecule has 2 unspecified atom stereocenters. The number of aromatic nitrogens is 2. The van der Waals surface area contributed by atoms with E-state index < -0.39 is 6.10 Å². The van der Waals surface area contributed by atoms with Crippen molar-refractivity contribution in [3.63, 3.8) is 0 Å². The van der Waals surface area contributed by atoms with Gasteiger partial charge in [-0.25, -0.2) is 0 Å². The van der Waals surface area contributed by atoms with Crippen molar-refractivity contribution < 1.29 is 5.11 Å². The molecule has 0 radical (unpaired) electrons. The lowest BCUT2D eigenvalue weighted by molar-refractivity contribution is 0.180. The van der Waals surface area contributed by atoms with Crippen LogP contribution < -0.4 is 10.6 Å². The van der Waals surface area contributed by atoms with Crippen LogP contribution in [-0.2, 0) is 7.05 Å². The second-order valence-electron chi connectivity index (χ2n) is 5.45. The predicted octanol–water partition coefficient (Wildman–Crippen LogP) is 1.59. The van der Waals surface area contributed by atoms with E-state index in [0.29, 0.717) is 12.5 Å². The van der Waals surface area contributed by atoms with Gasteiger partial charge in [-0.15, -0.1) is 24.0 Å². The second-order valence-corrected chi connectivity index (χ2v) is 5.45. The molecule has 0 saturated heterocycles. The maximum Gasteiger partial charge on any atom is 0.191 e. The van der Waals surface area contributed by atoms with Crippen LogP contribution in [0.1, 0.15) is 30.9 Å². The van der Waals surface area contributed by atoms with E-state index in [1.54, 1.807) is 17.9 Å². The Balaban J connectivity index is 0.00000242. The third-order valence-corrected chi connectivity index (χ3v) is 3.73. The standard InChI is InChI=1S/C15H25N5O.HI/c1-16-15(17-8-12-6-4-3-5-7-12)18-10-14(21)13-9-19-20(2)11-13;/h3-4,9,11-12,14,21H,5-8,10H2,1-2H3,(H2,16,17,18);1H. The van der Waals surface area contributed by atoms with Crippen LogP contribution >= 0.6 is 24.0 Å². The molecular weight excluding hydrogens is 393 g/mol. The number of hydrogen-bond acceptors (Lipinski definition) is 3. The molecule has 1 aromatic rings. The molecule has 0 fully saturated rings. The fraction of sp³-hybridized carbons (Fsp3) is 0.600. The summed E-state index contributed by atoms with van der Waals surface area (Å²) in [5.41, 5.74) is 0.804. The average molecular weight is 419 g/mol. The third kappa shape index (κ3) is 5.96. The number of guanidine groups is 1. The molecule has 0 aliphatic heterocycles. The highest BCUT2D eigenvalue weighted by Gasteiger charge is 2.12. The minimum Gasteiger partial charge on any atom is -0.386 e. The SMILES string of the molecule is CN=C(NCC1CC=CCC1)NCC(O)c1cnn(C)c1.I. The Hall–Kier alpha value is -1.09. The first kappa shape index (κ1) is 19.0. The Morgan fingerprint density at radius 2 is 2.32 bits per heavy atom. The summed E-state index contributed by atoms with van der Waals surface area (Å²) in [7, 11) is 3.58. The van der Waals surface area contributed by atoms with Crippen LogP contribution in [0.25, 0.3) is 0 Å². The Labute approximate surface area is 149 Å². The van der Waals surface area contributed by atoms with Gasteiger partial charge < -0.3 is 15.7 Å². The van der Waals surface area contributed by atoms with Crippen LogP contribution in [0.5, 0.6) is 0 Å². The van der Waals surface area contributed by atoms with E-state index in [9.17, 15) is 5.11 Å². The van der Waals surface area contributed by atoms with E-state index in [-0.39, 0.29) is 24.0 Å². The van der Waals surface area contributed by atoms with Crippen molar-refractivity contribution in [3.05, 3.63) is 30.1 Å². The van der Waals surface area contributed by atoms with E-state index in [1.165, 1.54) is 6.42 Å². The van der Waals surface area contributed by atoms with Crippen molar-refractivity contribution in [1.29, 1.82) is 0 Å². The number of aliphatic imine (C=N–C) groups is 1. The molecule has 0 aromatic carbocycles. The largest absolute Gasteiger partial charge is 0.386 e. The highest BCUT2D eigenvalue weighted by molar-refractivity contribution is 14.0. The molecule has 1 aromatic heterocycles. The van der Waals surface area contributed by atoms with Gasteiger partial charge in [-0.05, 0) is 25.2 Å². The number of nitrogens with one attached hydrogen (secondary N) is 2. The van der Waals surface area contributed by atoms with Gasteiger partial charge in [0, 0.05) is 38.9 Å². The maximum atomic E-state index is 10.1. The molecule has 0 bridgehead atoms. The summed E-state index contributed by atoms with van der Waals surface area (Å²) in [6.07, 6.45) is 10.9. The van der Waals surface area contributed by atoms with Crippen LogP contribution in [0, 0.1) is 5.92 Å². The molecule has 1 heterocycles. The molecule has 2 atom stereocenters. The molecule has 0 spiro atoms. The van der Waals surface area contributed by atoms with Gasteiger partial charge in [-0.1, -0.05) is 12.2 Å². The maximum absolute atomic E-state index is 10.1. The summed E-state index contributed by atoms with van der Waals surface area (Å²) < 4.78 is 1.68. The zero-order valence-corrected chi connectivity index (χ0v) is 15.5. The quantitative estimate of drug-likeness (QED) is 0.293. The molecule has 124 valence electrons. The Bertz CT molecular complexity index is 500. The Morgan fingerprint density at radius 1 is 1.50 bits per heavy atom. The average Bonchev–Trinajstić information content (AvgIpc) is 2.95. The van der Waals surface area contributed by atoms with Gasteiger partial charge in [-0.3, -0.25) is 9.67 Å². The Morgan fingerprint density at radius 3 is 2.91 bits per heavy atom. The zero-order chi connectivity index (χ0) is 15.1. The number of hydrogen-bond donors (Lipinski definition) is 3. The van der Waals surface area contributed by atoms with Gasteiger partial charge in [0.2, 0.25) is 0 Å². The van der Waals surface area contributed by atoms with Gasteiger partial charge in [-0.2, -0.15) is 5.10 Å². The zero-order valence-electron chi connectivity index (χ0n) is 13.2. The van der Waals surface area contributed by atoms with E-state index in [4.69, 9.17) is 0 Å². The molecular formula is C15H26IN5O. The molecule has 0 saturated carbocycles. The van der Waals surface area contributed by atoms with Crippen molar-refractivity contribution in [2.75, 3.05) is 20.1 Å². The van der Waals surface area contributed by atoms with Crippen LogP contribution in [0.4, 0.5) is 0 Å². The number of nitrogens with zero attached hydrogens (tertiary/aromatic N) is 3. The second kappa shape index (κ2) is 9.83. The predicted molar refractivity (Wildman–Crippen MR) is 99.4 cm³/mol. The summed E-state index contributed by atoms with van der Waals surface area (Å²) in [6.45, 7) is 1.32. The molecule has 0 amide bonds. The van der Waals surface area contributed by atoms with Gasteiger partial charge >= 0.3 is 0 Å². The van der Waals surface area contributed by atoms with Gasteiger partial charge in [0.25, 0.3) is 0 Å². The number of aliphatic hydroxyl groups excluding tert-OH is 1. The lowest BCUT2D eigenvalue weighted by atomic mass is 9.94. The summed E-state index contributed by atoms with van der Waals surface area (Å²) in [5, 5.41) is 20.6. The minimum absolute atomic E-state index is 0. The molecule has 7 heteroatoms. The summed E-state index contributed by atoms with van der Waals surface area (Å²) >= 11 is 0. The molecule has 6 nitrogen and oxygen atoms in total. The van der Waals surface area contributed by atoms with Crippen molar-refractivity contribution in [2.24, 2.45) is 18.0 Å². The van der Waals surface area contributed by atoms with Gasteiger partial charge in [0.1, 0.15) is 0 Å².